The molecule has 0 radical (unpaired) electrons. The molecule has 0 aromatic heterocycles. The van der Waals surface area contributed by atoms with Crippen molar-refractivity contribution in [1.82, 2.24) is 0 Å². The highest BCUT2D eigenvalue weighted by Gasteiger charge is 2.25. The number of unbranched alkanes of at least 4 members (excludes halogenated alkanes) is 1. The molecular formula is C26H38O2. The van der Waals surface area contributed by atoms with Gasteiger partial charge in [0.25, 0.3) is 0 Å². The Labute approximate surface area is 171 Å². The minimum absolute atomic E-state index is 0.240. The maximum atomic E-state index is 10.5. The van der Waals surface area contributed by atoms with Crippen LogP contribution in [0, 0.1) is 19.8 Å². The highest BCUT2D eigenvalue weighted by atomic mass is 16.3. The highest BCUT2D eigenvalue weighted by Crippen LogP contribution is 2.41. The lowest BCUT2D eigenvalue weighted by Gasteiger charge is -2.28. The van der Waals surface area contributed by atoms with Gasteiger partial charge in [0.1, 0.15) is 11.5 Å². The summed E-state index contributed by atoms with van der Waals surface area (Å²) in [5.74, 6) is 1.80. The molecule has 0 saturated carbocycles. The van der Waals surface area contributed by atoms with Crippen LogP contribution in [0.4, 0.5) is 0 Å². The first-order valence-electron chi connectivity index (χ1n) is 10.9. The Morgan fingerprint density at radius 3 is 1.89 bits per heavy atom. The summed E-state index contributed by atoms with van der Waals surface area (Å²) in [6.45, 7) is 15.2. The van der Waals surface area contributed by atoms with Gasteiger partial charge >= 0.3 is 0 Å². The van der Waals surface area contributed by atoms with Crippen molar-refractivity contribution in [2.75, 3.05) is 0 Å². The van der Waals surface area contributed by atoms with Crippen LogP contribution >= 0.6 is 0 Å². The van der Waals surface area contributed by atoms with E-state index in [1.54, 1.807) is 0 Å². The first-order valence-corrected chi connectivity index (χ1v) is 10.9. The topological polar surface area (TPSA) is 40.5 Å². The largest absolute Gasteiger partial charge is 0.508 e. The number of rotatable bonds is 8. The fraction of sp³-hybridized carbons (Fsp3) is 0.538. The van der Waals surface area contributed by atoms with Gasteiger partial charge in [-0.25, -0.2) is 0 Å². The monoisotopic (exact) mass is 382 g/mol. The molecule has 0 amide bonds. The molecule has 0 spiro atoms. The maximum absolute atomic E-state index is 10.5. The van der Waals surface area contributed by atoms with Crippen LogP contribution in [0.3, 0.4) is 0 Å². The van der Waals surface area contributed by atoms with Gasteiger partial charge in [-0.1, -0.05) is 53.2 Å². The van der Waals surface area contributed by atoms with Gasteiger partial charge in [-0.05, 0) is 90.5 Å². The SMILES string of the molecule is CCCCc1cc(C(c2cc(C(C)CC)c(O)cc2C)C(C)C)c(C)cc1O. The van der Waals surface area contributed by atoms with Crippen molar-refractivity contribution in [2.24, 2.45) is 5.92 Å². The number of phenols is 2. The average Bonchev–Trinajstić information content (AvgIpc) is 2.63. The van der Waals surface area contributed by atoms with Gasteiger partial charge in [0.05, 0.1) is 0 Å². The van der Waals surface area contributed by atoms with Gasteiger partial charge in [0.2, 0.25) is 0 Å². The molecular weight excluding hydrogens is 344 g/mol. The number of phenolic OH excluding ortho intramolecular Hbond substituents is 2. The van der Waals surface area contributed by atoms with Crippen LogP contribution in [0.5, 0.6) is 11.5 Å². The smallest absolute Gasteiger partial charge is 0.119 e. The minimum Gasteiger partial charge on any atom is -0.508 e. The molecule has 2 heteroatoms. The molecule has 2 atom stereocenters. The van der Waals surface area contributed by atoms with E-state index in [1.165, 1.54) is 11.1 Å². The average molecular weight is 383 g/mol. The summed E-state index contributed by atoms with van der Waals surface area (Å²) in [4.78, 5) is 0. The molecule has 0 aliphatic heterocycles. The van der Waals surface area contributed by atoms with Gasteiger partial charge < -0.3 is 10.2 Å². The summed E-state index contributed by atoms with van der Waals surface area (Å²) in [5.41, 5.74) is 6.93. The fourth-order valence-corrected chi connectivity index (χ4v) is 4.22. The van der Waals surface area contributed by atoms with Crippen LogP contribution in [0.2, 0.25) is 0 Å². The molecule has 0 saturated heterocycles. The summed E-state index contributed by atoms with van der Waals surface area (Å²) in [5, 5.41) is 20.9. The van der Waals surface area contributed by atoms with Crippen LogP contribution in [0.15, 0.2) is 24.3 Å². The van der Waals surface area contributed by atoms with E-state index >= 15 is 0 Å². The second-order valence-corrected chi connectivity index (χ2v) is 8.74. The predicted octanol–water partition coefficient (Wildman–Crippen LogP) is 7.36. The third-order valence-corrected chi connectivity index (χ3v) is 6.16. The van der Waals surface area contributed by atoms with Gasteiger partial charge in [0, 0.05) is 5.92 Å². The molecule has 0 bridgehead atoms. The molecule has 2 unspecified atom stereocenters. The van der Waals surface area contributed by atoms with E-state index in [9.17, 15) is 10.2 Å². The van der Waals surface area contributed by atoms with E-state index in [1.807, 2.05) is 12.1 Å². The molecule has 0 aliphatic carbocycles. The van der Waals surface area contributed by atoms with Crippen LogP contribution in [0.25, 0.3) is 0 Å². The number of hydrogen-bond donors (Lipinski definition) is 2. The van der Waals surface area contributed by atoms with E-state index in [0.717, 1.165) is 47.9 Å². The van der Waals surface area contributed by atoms with Crippen molar-refractivity contribution in [3.63, 3.8) is 0 Å². The van der Waals surface area contributed by atoms with Gasteiger partial charge in [-0.2, -0.15) is 0 Å². The Kier molecular flexibility index (Phi) is 7.57. The summed E-state index contributed by atoms with van der Waals surface area (Å²) in [6, 6.07) is 8.31. The number of aromatic hydroxyl groups is 2. The van der Waals surface area contributed by atoms with Crippen molar-refractivity contribution < 1.29 is 10.2 Å². The lowest BCUT2D eigenvalue weighted by atomic mass is 9.77. The molecule has 2 aromatic rings. The second kappa shape index (κ2) is 9.49. The van der Waals surface area contributed by atoms with Crippen LogP contribution < -0.4 is 0 Å². The summed E-state index contributed by atoms with van der Waals surface area (Å²) < 4.78 is 0. The summed E-state index contributed by atoms with van der Waals surface area (Å²) in [7, 11) is 0. The fourth-order valence-electron chi connectivity index (χ4n) is 4.22. The standard InChI is InChI=1S/C26H38O2/c1-8-10-11-20-14-22(18(6)12-24(20)27)26(16(3)4)23-15-21(17(5)9-2)25(28)13-19(23)7/h12-17,26-28H,8-11H2,1-7H3. The van der Waals surface area contributed by atoms with Crippen molar-refractivity contribution in [3.05, 3.63) is 57.6 Å². The normalized spacial score (nSPS) is 13.7. The highest BCUT2D eigenvalue weighted by molar-refractivity contribution is 5.51. The Morgan fingerprint density at radius 1 is 0.786 bits per heavy atom. The van der Waals surface area contributed by atoms with Gasteiger partial charge in [-0.3, -0.25) is 0 Å². The van der Waals surface area contributed by atoms with E-state index in [4.69, 9.17) is 0 Å². The van der Waals surface area contributed by atoms with Gasteiger partial charge in [0.15, 0.2) is 0 Å². The predicted molar refractivity (Wildman–Crippen MR) is 120 cm³/mol. The Bertz CT molecular complexity index is 805. The summed E-state index contributed by atoms with van der Waals surface area (Å²) >= 11 is 0. The molecule has 154 valence electrons. The Morgan fingerprint density at radius 2 is 1.36 bits per heavy atom. The molecule has 2 nitrogen and oxygen atoms in total. The number of aryl methyl sites for hydroxylation is 3. The van der Waals surface area contributed by atoms with Crippen LogP contribution in [-0.2, 0) is 6.42 Å². The molecule has 0 aliphatic rings. The molecule has 0 heterocycles. The summed E-state index contributed by atoms with van der Waals surface area (Å²) in [6.07, 6.45) is 4.11. The van der Waals surface area contributed by atoms with E-state index < -0.39 is 0 Å². The van der Waals surface area contributed by atoms with E-state index in [0.29, 0.717) is 23.3 Å². The second-order valence-electron chi connectivity index (χ2n) is 8.74. The van der Waals surface area contributed by atoms with Crippen LogP contribution in [0.1, 0.15) is 99.1 Å². The molecule has 28 heavy (non-hydrogen) atoms. The Hall–Kier alpha value is -1.96. The maximum Gasteiger partial charge on any atom is 0.119 e. The van der Waals surface area contributed by atoms with Crippen molar-refractivity contribution in [2.45, 2.75) is 86.0 Å². The zero-order valence-electron chi connectivity index (χ0n) is 18.8. The molecule has 2 aromatic carbocycles. The van der Waals surface area contributed by atoms with Crippen molar-refractivity contribution >= 4 is 0 Å². The number of benzene rings is 2. The lowest BCUT2D eigenvalue weighted by Crippen LogP contribution is -2.13. The Balaban J connectivity index is 2.64. The zero-order valence-corrected chi connectivity index (χ0v) is 18.8. The third kappa shape index (κ3) is 4.71. The lowest BCUT2D eigenvalue weighted by molar-refractivity contribution is 0.459. The first-order chi connectivity index (χ1) is 13.2. The first kappa shape index (κ1) is 22.3. The van der Waals surface area contributed by atoms with Gasteiger partial charge in [-0.15, -0.1) is 0 Å². The third-order valence-electron chi connectivity index (χ3n) is 6.16. The van der Waals surface area contributed by atoms with E-state index in [-0.39, 0.29) is 5.92 Å². The minimum atomic E-state index is 0.240. The number of hydrogen-bond acceptors (Lipinski definition) is 2. The van der Waals surface area contributed by atoms with E-state index in [2.05, 4.69) is 60.6 Å². The quantitative estimate of drug-likeness (QED) is 0.501. The van der Waals surface area contributed by atoms with Crippen molar-refractivity contribution in [1.29, 1.82) is 0 Å². The van der Waals surface area contributed by atoms with Crippen molar-refractivity contribution in [3.8, 4) is 11.5 Å². The molecule has 2 N–H and O–H groups in total. The molecule has 2 rings (SSSR count). The van der Waals surface area contributed by atoms with Crippen LogP contribution in [-0.4, -0.2) is 10.2 Å². The zero-order chi connectivity index (χ0) is 21.0. The molecule has 0 fully saturated rings.